The van der Waals surface area contributed by atoms with Crippen LogP contribution >= 0.6 is 0 Å². The third kappa shape index (κ3) is 1.28. The third-order valence-corrected chi connectivity index (χ3v) is 6.34. The predicted octanol–water partition coefficient (Wildman–Crippen LogP) is 0.824. The number of hydrogen-bond acceptors (Lipinski definition) is 5. The average molecular weight is 313 g/mol. The maximum absolute atomic E-state index is 12.6. The summed E-state index contributed by atoms with van der Waals surface area (Å²) in [4.78, 5) is 14.8. The first-order valence-electron chi connectivity index (χ1n) is 8.05. The van der Waals surface area contributed by atoms with Crippen LogP contribution in [0, 0.1) is 0 Å². The second-order valence-corrected chi connectivity index (χ2v) is 7.11. The number of ether oxygens (including phenoxy) is 2. The molecule has 1 aromatic carbocycles. The van der Waals surface area contributed by atoms with E-state index >= 15 is 0 Å². The molecule has 0 saturated carbocycles. The molecule has 0 unspecified atom stereocenters. The SMILES string of the molecule is COc1ccc2c3c1O[C@H]1C(=O)C=C[C@]4(O)[C@@H](C2)N(C)CC[C@]314. The number of benzene rings is 1. The van der Waals surface area contributed by atoms with Crippen LogP contribution in [0.25, 0.3) is 0 Å². The number of carbonyl (C=O) groups is 1. The van der Waals surface area contributed by atoms with Gasteiger partial charge in [0, 0.05) is 11.6 Å². The average Bonchev–Trinajstić information content (AvgIpc) is 2.90. The van der Waals surface area contributed by atoms with Crippen molar-refractivity contribution < 1.29 is 19.4 Å². The van der Waals surface area contributed by atoms with Crippen molar-refractivity contribution >= 4 is 5.78 Å². The first-order chi connectivity index (χ1) is 11.0. The normalized spacial score (nSPS) is 39.9. The summed E-state index contributed by atoms with van der Waals surface area (Å²) in [5, 5.41) is 11.7. The van der Waals surface area contributed by atoms with E-state index in [1.807, 2.05) is 13.1 Å². The van der Waals surface area contributed by atoms with Crippen LogP contribution in [-0.2, 0) is 16.6 Å². The van der Waals surface area contributed by atoms with E-state index in [1.54, 1.807) is 13.2 Å². The Morgan fingerprint density at radius 2 is 2.26 bits per heavy atom. The Kier molecular flexibility index (Phi) is 2.34. The van der Waals surface area contributed by atoms with Gasteiger partial charge in [-0.3, -0.25) is 9.69 Å². The highest BCUT2D eigenvalue weighted by atomic mass is 16.5. The summed E-state index contributed by atoms with van der Waals surface area (Å²) in [7, 11) is 3.65. The molecule has 2 heterocycles. The summed E-state index contributed by atoms with van der Waals surface area (Å²) in [6.07, 6.45) is 4.00. The molecule has 1 N–H and O–H groups in total. The molecular weight excluding hydrogens is 294 g/mol. The summed E-state index contributed by atoms with van der Waals surface area (Å²) < 4.78 is 11.6. The van der Waals surface area contributed by atoms with Gasteiger partial charge in [0.05, 0.1) is 12.5 Å². The van der Waals surface area contributed by atoms with Gasteiger partial charge in [-0.05, 0) is 50.2 Å². The van der Waals surface area contributed by atoms with Crippen molar-refractivity contribution in [3.8, 4) is 11.5 Å². The molecule has 1 spiro atoms. The molecule has 2 aliphatic carbocycles. The highest BCUT2D eigenvalue weighted by Crippen LogP contribution is 2.63. The minimum atomic E-state index is -1.08. The van der Waals surface area contributed by atoms with Gasteiger partial charge in [0.2, 0.25) is 0 Å². The van der Waals surface area contributed by atoms with Gasteiger partial charge in [-0.15, -0.1) is 0 Å². The number of aliphatic hydroxyl groups is 1. The molecule has 1 aromatic rings. The Bertz CT molecular complexity index is 773. The summed E-state index contributed by atoms with van der Waals surface area (Å²) in [5.41, 5.74) is 0.385. The molecule has 5 heteroatoms. The largest absolute Gasteiger partial charge is 0.493 e. The zero-order chi connectivity index (χ0) is 16.0. The Morgan fingerprint density at radius 1 is 1.43 bits per heavy atom. The van der Waals surface area contributed by atoms with E-state index in [4.69, 9.17) is 9.47 Å². The van der Waals surface area contributed by atoms with Crippen LogP contribution in [0.1, 0.15) is 17.5 Å². The monoisotopic (exact) mass is 313 g/mol. The van der Waals surface area contributed by atoms with Gasteiger partial charge in [-0.25, -0.2) is 0 Å². The Balaban J connectivity index is 1.89. The van der Waals surface area contributed by atoms with E-state index in [-0.39, 0.29) is 11.8 Å². The lowest BCUT2D eigenvalue weighted by Crippen LogP contribution is -2.74. The molecule has 5 nitrogen and oxygen atoms in total. The van der Waals surface area contributed by atoms with Gasteiger partial charge >= 0.3 is 0 Å². The quantitative estimate of drug-likeness (QED) is 0.832. The predicted molar refractivity (Wildman–Crippen MR) is 82.9 cm³/mol. The molecule has 23 heavy (non-hydrogen) atoms. The van der Waals surface area contributed by atoms with Crippen molar-refractivity contribution in [2.45, 2.75) is 36.0 Å². The number of hydrogen-bond donors (Lipinski definition) is 1. The number of likely N-dealkylation sites (N-methyl/N-ethyl adjacent to an activating group) is 1. The van der Waals surface area contributed by atoms with Crippen molar-refractivity contribution in [3.05, 3.63) is 35.4 Å². The molecule has 0 amide bonds. The Hall–Kier alpha value is -1.85. The van der Waals surface area contributed by atoms with Crippen molar-refractivity contribution in [1.29, 1.82) is 0 Å². The molecule has 4 atom stereocenters. The highest BCUT2D eigenvalue weighted by Gasteiger charge is 2.71. The highest BCUT2D eigenvalue weighted by molar-refractivity contribution is 5.99. The molecule has 2 bridgehead atoms. The van der Waals surface area contributed by atoms with Crippen molar-refractivity contribution in [1.82, 2.24) is 4.90 Å². The number of nitrogens with zero attached hydrogens (tertiary/aromatic N) is 1. The fourth-order valence-electron chi connectivity index (χ4n) is 5.28. The molecule has 4 aliphatic rings. The Labute approximate surface area is 134 Å². The van der Waals surface area contributed by atoms with E-state index in [0.717, 1.165) is 24.1 Å². The minimum Gasteiger partial charge on any atom is -0.493 e. The Morgan fingerprint density at radius 3 is 3.04 bits per heavy atom. The van der Waals surface area contributed by atoms with Gasteiger partial charge in [0.25, 0.3) is 0 Å². The number of carbonyl (C=O) groups excluding carboxylic acids is 1. The topological polar surface area (TPSA) is 59.0 Å². The van der Waals surface area contributed by atoms with Crippen LogP contribution in [0.4, 0.5) is 0 Å². The van der Waals surface area contributed by atoms with Gasteiger partial charge < -0.3 is 14.6 Å². The lowest BCUT2D eigenvalue weighted by Gasteiger charge is -2.60. The number of methoxy groups -OCH3 is 1. The lowest BCUT2D eigenvalue weighted by atomic mass is 9.51. The van der Waals surface area contributed by atoms with E-state index in [9.17, 15) is 9.90 Å². The second-order valence-electron chi connectivity index (χ2n) is 7.11. The molecule has 0 aromatic heterocycles. The van der Waals surface area contributed by atoms with Crippen LogP contribution in [-0.4, -0.2) is 54.2 Å². The zero-order valence-electron chi connectivity index (χ0n) is 13.2. The molecular formula is C18H19NO4. The maximum atomic E-state index is 12.6. The molecule has 120 valence electrons. The summed E-state index contributed by atoms with van der Waals surface area (Å²) in [5.74, 6) is 1.22. The third-order valence-electron chi connectivity index (χ3n) is 6.34. The van der Waals surface area contributed by atoms with Gasteiger partial charge in [-0.1, -0.05) is 6.07 Å². The standard InChI is InChI=1S/C18H19NO4/c1-19-8-7-17-14-10-3-4-12(22-2)15(14)23-16(17)11(20)5-6-18(17,21)13(19)9-10/h3-6,13,16,21H,7-9H2,1-2H3/t13-,16+,17+,18+/m1/s1. The van der Waals surface area contributed by atoms with Gasteiger partial charge in [0.1, 0.15) is 5.60 Å². The fraction of sp³-hybridized carbons (Fsp3) is 0.500. The summed E-state index contributed by atoms with van der Waals surface area (Å²) in [6.45, 7) is 0.837. The van der Waals surface area contributed by atoms with E-state index < -0.39 is 17.1 Å². The maximum Gasteiger partial charge on any atom is 0.196 e. The molecule has 5 rings (SSSR count). The van der Waals surface area contributed by atoms with Crippen LogP contribution in [0.5, 0.6) is 11.5 Å². The molecule has 0 radical (unpaired) electrons. The number of rotatable bonds is 1. The zero-order valence-corrected chi connectivity index (χ0v) is 13.2. The summed E-state index contributed by atoms with van der Waals surface area (Å²) >= 11 is 0. The number of ketones is 1. The van der Waals surface area contributed by atoms with Crippen molar-refractivity contribution in [2.24, 2.45) is 0 Å². The van der Waals surface area contributed by atoms with E-state index in [0.29, 0.717) is 17.9 Å². The smallest absolute Gasteiger partial charge is 0.196 e. The van der Waals surface area contributed by atoms with Crippen molar-refractivity contribution in [2.75, 3.05) is 20.7 Å². The van der Waals surface area contributed by atoms with E-state index in [2.05, 4.69) is 11.0 Å². The van der Waals surface area contributed by atoms with Gasteiger partial charge in [0.15, 0.2) is 23.4 Å². The lowest BCUT2D eigenvalue weighted by molar-refractivity contribution is -0.151. The number of piperidine rings is 1. The van der Waals surface area contributed by atoms with Crippen LogP contribution < -0.4 is 9.47 Å². The molecule has 1 saturated heterocycles. The van der Waals surface area contributed by atoms with Gasteiger partial charge in [-0.2, -0.15) is 0 Å². The number of likely N-dealkylation sites (tertiary alicyclic amines) is 1. The minimum absolute atomic E-state index is 0.0430. The van der Waals surface area contributed by atoms with E-state index in [1.165, 1.54) is 6.08 Å². The van der Waals surface area contributed by atoms with Crippen LogP contribution in [0.3, 0.4) is 0 Å². The molecule has 1 fully saturated rings. The first-order valence-corrected chi connectivity index (χ1v) is 8.05. The molecule has 2 aliphatic heterocycles. The first kappa shape index (κ1) is 13.6. The van der Waals surface area contributed by atoms with Crippen molar-refractivity contribution in [3.63, 3.8) is 0 Å². The van der Waals surface area contributed by atoms with Crippen LogP contribution in [0.2, 0.25) is 0 Å². The fourth-order valence-corrected chi connectivity index (χ4v) is 5.28. The van der Waals surface area contributed by atoms with Crippen LogP contribution in [0.15, 0.2) is 24.3 Å². The summed E-state index contributed by atoms with van der Waals surface area (Å²) in [6, 6.07) is 3.92. The second kappa shape index (κ2) is 3.97.